The topological polar surface area (TPSA) is 30.0 Å². The average molecular weight is 189 g/mol. The Bertz CT molecular complexity index is 292. The molecule has 74 valence electrons. The monoisotopic (exact) mass is 189 g/mol. The predicted molar refractivity (Wildman–Crippen MR) is 57.2 cm³/mol. The molecule has 1 aromatic rings. The summed E-state index contributed by atoms with van der Waals surface area (Å²) in [4.78, 5) is 15.5. The lowest BCUT2D eigenvalue weighted by Crippen LogP contribution is -1.98. The van der Waals surface area contributed by atoms with Crippen molar-refractivity contribution in [3.63, 3.8) is 0 Å². The summed E-state index contributed by atoms with van der Waals surface area (Å²) >= 11 is 0. The van der Waals surface area contributed by atoms with Gasteiger partial charge in [-0.15, -0.1) is 6.58 Å². The van der Waals surface area contributed by atoms with Crippen LogP contribution in [0.15, 0.2) is 37.2 Å². The highest BCUT2D eigenvalue weighted by Crippen LogP contribution is 2.06. The van der Waals surface area contributed by atoms with Gasteiger partial charge in [0.05, 0.1) is 0 Å². The van der Waals surface area contributed by atoms with Crippen molar-refractivity contribution in [3.05, 3.63) is 42.7 Å². The predicted octanol–water partition coefficient (Wildman–Crippen LogP) is 3.01. The van der Waals surface area contributed by atoms with Crippen LogP contribution < -0.4 is 0 Å². The molecule has 14 heavy (non-hydrogen) atoms. The van der Waals surface area contributed by atoms with Gasteiger partial charge in [-0.05, 0) is 31.4 Å². The Kier molecular flexibility index (Phi) is 4.62. The molecule has 0 aliphatic heterocycles. The Hall–Kier alpha value is -1.44. The number of hydrogen-bond donors (Lipinski definition) is 0. The second kappa shape index (κ2) is 6.08. The van der Waals surface area contributed by atoms with Gasteiger partial charge in [-0.1, -0.05) is 6.08 Å². The van der Waals surface area contributed by atoms with Crippen molar-refractivity contribution in [2.24, 2.45) is 0 Å². The number of Topliss-reactive ketones (excluding diaryl/α,β-unsaturated/α-hetero) is 1. The van der Waals surface area contributed by atoms with Crippen molar-refractivity contribution in [2.45, 2.75) is 25.7 Å². The molecule has 1 heterocycles. The van der Waals surface area contributed by atoms with Crippen LogP contribution in [0.4, 0.5) is 0 Å². The summed E-state index contributed by atoms with van der Waals surface area (Å²) in [5.74, 6) is 0.183. The maximum atomic E-state index is 11.5. The number of carbonyl (C=O) groups is 1. The van der Waals surface area contributed by atoms with E-state index in [1.807, 2.05) is 12.1 Å². The molecule has 0 unspecified atom stereocenters. The van der Waals surface area contributed by atoms with Gasteiger partial charge in [-0.2, -0.15) is 0 Å². The first kappa shape index (κ1) is 10.6. The van der Waals surface area contributed by atoms with E-state index in [2.05, 4.69) is 11.6 Å². The second-order valence-corrected chi connectivity index (χ2v) is 3.20. The second-order valence-electron chi connectivity index (χ2n) is 3.20. The number of allylic oxidation sites excluding steroid dienone is 1. The molecule has 0 saturated carbocycles. The lowest BCUT2D eigenvalue weighted by molar-refractivity contribution is 0.0979. The van der Waals surface area contributed by atoms with E-state index >= 15 is 0 Å². The third-order valence-corrected chi connectivity index (χ3v) is 2.05. The highest BCUT2D eigenvalue weighted by molar-refractivity contribution is 5.95. The van der Waals surface area contributed by atoms with E-state index in [9.17, 15) is 4.79 Å². The smallest absolute Gasteiger partial charge is 0.164 e. The summed E-state index contributed by atoms with van der Waals surface area (Å²) in [6.07, 6.45) is 8.74. The van der Waals surface area contributed by atoms with Gasteiger partial charge in [-0.3, -0.25) is 9.78 Å². The van der Waals surface area contributed by atoms with E-state index in [-0.39, 0.29) is 5.78 Å². The van der Waals surface area contributed by atoms with Gasteiger partial charge in [0.2, 0.25) is 0 Å². The minimum absolute atomic E-state index is 0.183. The van der Waals surface area contributed by atoms with Crippen molar-refractivity contribution in [2.75, 3.05) is 0 Å². The molecule has 0 aromatic carbocycles. The Morgan fingerprint density at radius 3 is 3.00 bits per heavy atom. The standard InChI is InChI=1S/C12H15NO/c1-2-3-4-5-8-12(14)11-7-6-9-13-10-11/h2,6-7,9-10H,1,3-5,8H2. The number of pyridine rings is 1. The molecule has 0 aliphatic carbocycles. The van der Waals surface area contributed by atoms with Crippen molar-refractivity contribution >= 4 is 5.78 Å². The first-order valence-electron chi connectivity index (χ1n) is 4.88. The normalized spacial score (nSPS) is 9.71. The van der Waals surface area contributed by atoms with E-state index in [0.717, 1.165) is 19.3 Å². The molecule has 1 aromatic heterocycles. The fourth-order valence-corrected chi connectivity index (χ4v) is 1.25. The lowest BCUT2D eigenvalue weighted by Gasteiger charge is -1.98. The summed E-state index contributed by atoms with van der Waals surface area (Å²) in [6, 6.07) is 3.60. The molecular weight excluding hydrogens is 174 g/mol. The van der Waals surface area contributed by atoms with Crippen LogP contribution in [0.25, 0.3) is 0 Å². The number of aromatic nitrogens is 1. The quantitative estimate of drug-likeness (QED) is 0.391. The zero-order valence-corrected chi connectivity index (χ0v) is 8.28. The zero-order chi connectivity index (χ0) is 10.2. The van der Waals surface area contributed by atoms with Gasteiger partial charge in [0.25, 0.3) is 0 Å². The van der Waals surface area contributed by atoms with Crippen LogP contribution in [0.1, 0.15) is 36.0 Å². The highest BCUT2D eigenvalue weighted by Gasteiger charge is 2.03. The van der Waals surface area contributed by atoms with E-state index in [0.29, 0.717) is 12.0 Å². The van der Waals surface area contributed by atoms with Crippen LogP contribution >= 0.6 is 0 Å². The van der Waals surface area contributed by atoms with Gasteiger partial charge in [0, 0.05) is 24.4 Å². The minimum atomic E-state index is 0.183. The molecular formula is C12H15NO. The molecule has 2 heteroatoms. The molecule has 0 bridgehead atoms. The third-order valence-electron chi connectivity index (χ3n) is 2.05. The molecule has 0 fully saturated rings. The average Bonchev–Trinajstić information content (AvgIpc) is 2.25. The Labute approximate surface area is 84.7 Å². The number of rotatable bonds is 6. The van der Waals surface area contributed by atoms with Gasteiger partial charge in [0.15, 0.2) is 5.78 Å². The zero-order valence-electron chi connectivity index (χ0n) is 8.28. The molecule has 0 atom stereocenters. The van der Waals surface area contributed by atoms with Gasteiger partial charge >= 0.3 is 0 Å². The molecule has 1 rings (SSSR count). The van der Waals surface area contributed by atoms with Crippen LogP contribution in [-0.4, -0.2) is 10.8 Å². The van der Waals surface area contributed by atoms with Crippen molar-refractivity contribution < 1.29 is 4.79 Å². The van der Waals surface area contributed by atoms with Crippen LogP contribution in [0, 0.1) is 0 Å². The Morgan fingerprint density at radius 2 is 2.36 bits per heavy atom. The first-order valence-corrected chi connectivity index (χ1v) is 4.88. The van der Waals surface area contributed by atoms with Crippen molar-refractivity contribution in [1.82, 2.24) is 4.98 Å². The molecule has 0 radical (unpaired) electrons. The summed E-state index contributed by atoms with van der Waals surface area (Å²) in [7, 11) is 0. The first-order chi connectivity index (χ1) is 6.84. The summed E-state index contributed by atoms with van der Waals surface area (Å²) in [6.45, 7) is 3.64. The minimum Gasteiger partial charge on any atom is -0.294 e. The number of carbonyl (C=O) groups excluding carboxylic acids is 1. The van der Waals surface area contributed by atoms with E-state index in [4.69, 9.17) is 0 Å². The SMILES string of the molecule is C=CCCCCC(=O)c1cccnc1. The molecule has 0 aliphatic rings. The van der Waals surface area contributed by atoms with Gasteiger partial charge in [0.1, 0.15) is 0 Å². The maximum absolute atomic E-state index is 11.5. The molecule has 2 nitrogen and oxygen atoms in total. The fourth-order valence-electron chi connectivity index (χ4n) is 1.25. The fraction of sp³-hybridized carbons (Fsp3) is 0.333. The van der Waals surface area contributed by atoms with E-state index in [1.165, 1.54) is 0 Å². The van der Waals surface area contributed by atoms with Crippen LogP contribution in [0.5, 0.6) is 0 Å². The molecule has 0 N–H and O–H groups in total. The van der Waals surface area contributed by atoms with Crippen molar-refractivity contribution in [1.29, 1.82) is 0 Å². The van der Waals surface area contributed by atoms with Crippen LogP contribution in [0.3, 0.4) is 0 Å². The maximum Gasteiger partial charge on any atom is 0.164 e. The Morgan fingerprint density at radius 1 is 1.50 bits per heavy atom. The van der Waals surface area contributed by atoms with Crippen molar-refractivity contribution in [3.8, 4) is 0 Å². The van der Waals surface area contributed by atoms with Crippen LogP contribution in [0.2, 0.25) is 0 Å². The number of hydrogen-bond acceptors (Lipinski definition) is 2. The van der Waals surface area contributed by atoms with Crippen LogP contribution in [-0.2, 0) is 0 Å². The van der Waals surface area contributed by atoms with Gasteiger partial charge in [-0.25, -0.2) is 0 Å². The van der Waals surface area contributed by atoms with E-state index < -0.39 is 0 Å². The number of nitrogens with zero attached hydrogens (tertiary/aromatic N) is 1. The molecule has 0 spiro atoms. The molecule has 0 amide bonds. The molecule has 0 saturated heterocycles. The number of unbranched alkanes of at least 4 members (excludes halogenated alkanes) is 2. The van der Waals surface area contributed by atoms with Gasteiger partial charge < -0.3 is 0 Å². The lowest BCUT2D eigenvalue weighted by atomic mass is 10.1. The Balaban J connectivity index is 2.32. The summed E-state index contributed by atoms with van der Waals surface area (Å²) < 4.78 is 0. The number of ketones is 1. The summed E-state index contributed by atoms with van der Waals surface area (Å²) in [5, 5.41) is 0. The largest absolute Gasteiger partial charge is 0.294 e. The third kappa shape index (κ3) is 3.52. The highest BCUT2D eigenvalue weighted by atomic mass is 16.1. The summed E-state index contributed by atoms with van der Waals surface area (Å²) in [5.41, 5.74) is 0.714. The van der Waals surface area contributed by atoms with E-state index in [1.54, 1.807) is 18.5 Å².